The lowest BCUT2D eigenvalue weighted by atomic mass is 9.81. The van der Waals surface area contributed by atoms with Gasteiger partial charge >= 0.3 is 0 Å². The monoisotopic (exact) mass is 255 g/mol. The molecule has 1 unspecified atom stereocenters. The summed E-state index contributed by atoms with van der Waals surface area (Å²) in [7, 11) is 0. The van der Waals surface area contributed by atoms with Gasteiger partial charge in [-0.2, -0.15) is 0 Å². The second-order valence-electron chi connectivity index (χ2n) is 4.65. The molecule has 2 nitrogen and oxygen atoms in total. The second kappa shape index (κ2) is 5.89. The quantitative estimate of drug-likeness (QED) is 0.884. The van der Waals surface area contributed by atoms with Gasteiger partial charge < -0.3 is 10.5 Å². The lowest BCUT2D eigenvalue weighted by Gasteiger charge is -2.29. The highest BCUT2D eigenvalue weighted by Crippen LogP contribution is 2.31. The Labute approximate surface area is 115 Å². The maximum atomic E-state index is 6.65. The van der Waals surface area contributed by atoms with Gasteiger partial charge in [0.15, 0.2) is 0 Å². The van der Waals surface area contributed by atoms with Crippen LogP contribution in [0.15, 0.2) is 54.6 Å². The lowest BCUT2D eigenvalue weighted by Crippen LogP contribution is -2.37. The molecule has 0 heterocycles. The molecule has 0 amide bonds. The molecule has 0 aliphatic heterocycles. The van der Waals surface area contributed by atoms with Crippen molar-refractivity contribution in [1.29, 1.82) is 0 Å². The molecule has 19 heavy (non-hydrogen) atoms. The van der Waals surface area contributed by atoms with Gasteiger partial charge in [0.1, 0.15) is 5.75 Å². The molecule has 2 heteroatoms. The fourth-order valence-electron chi connectivity index (χ4n) is 2.34. The topological polar surface area (TPSA) is 35.2 Å². The molecule has 0 aliphatic rings. The Morgan fingerprint density at radius 1 is 0.947 bits per heavy atom. The molecule has 0 aliphatic carbocycles. The van der Waals surface area contributed by atoms with Crippen molar-refractivity contribution in [1.82, 2.24) is 0 Å². The first-order valence-electron chi connectivity index (χ1n) is 6.78. The van der Waals surface area contributed by atoms with E-state index in [9.17, 15) is 0 Å². The molecule has 0 aromatic heterocycles. The third kappa shape index (κ3) is 2.79. The average molecular weight is 255 g/mol. The summed E-state index contributed by atoms with van der Waals surface area (Å²) in [6.07, 6.45) is 0.840. The predicted octanol–water partition coefficient (Wildman–Crippen LogP) is 3.70. The minimum atomic E-state index is -0.464. The Hall–Kier alpha value is -1.80. The van der Waals surface area contributed by atoms with Gasteiger partial charge in [0, 0.05) is 0 Å². The fraction of sp³-hybridized carbons (Fsp3) is 0.294. The van der Waals surface area contributed by atoms with E-state index in [1.165, 1.54) is 0 Å². The van der Waals surface area contributed by atoms with E-state index in [4.69, 9.17) is 10.5 Å². The molecule has 1 atom stereocenters. The van der Waals surface area contributed by atoms with Gasteiger partial charge in [-0.25, -0.2) is 0 Å². The van der Waals surface area contributed by atoms with Gasteiger partial charge in [-0.05, 0) is 36.6 Å². The third-order valence-corrected chi connectivity index (χ3v) is 3.51. The van der Waals surface area contributed by atoms with Gasteiger partial charge in [0.2, 0.25) is 0 Å². The zero-order valence-corrected chi connectivity index (χ0v) is 11.6. The second-order valence-corrected chi connectivity index (χ2v) is 4.65. The van der Waals surface area contributed by atoms with E-state index >= 15 is 0 Å². The molecule has 0 bridgehead atoms. The Morgan fingerprint density at radius 2 is 1.63 bits per heavy atom. The number of ether oxygens (including phenoxy) is 1. The third-order valence-electron chi connectivity index (χ3n) is 3.51. The van der Waals surface area contributed by atoms with Crippen LogP contribution < -0.4 is 10.5 Å². The smallest absolute Gasteiger partial charge is 0.119 e. The van der Waals surface area contributed by atoms with Gasteiger partial charge in [-0.3, -0.25) is 0 Å². The van der Waals surface area contributed by atoms with E-state index in [0.29, 0.717) is 6.61 Å². The molecule has 0 spiro atoms. The summed E-state index contributed by atoms with van der Waals surface area (Å²) < 4.78 is 5.57. The molecule has 0 radical (unpaired) electrons. The molecule has 2 aromatic carbocycles. The molecule has 2 rings (SSSR count). The number of rotatable bonds is 5. The van der Waals surface area contributed by atoms with Crippen molar-refractivity contribution in [3.8, 4) is 5.75 Å². The van der Waals surface area contributed by atoms with E-state index in [0.717, 1.165) is 23.3 Å². The molecule has 100 valence electrons. The van der Waals surface area contributed by atoms with E-state index in [2.05, 4.69) is 25.1 Å². The van der Waals surface area contributed by atoms with Crippen LogP contribution in [-0.2, 0) is 5.54 Å². The zero-order chi connectivity index (χ0) is 13.7. The van der Waals surface area contributed by atoms with E-state index in [-0.39, 0.29) is 0 Å². The summed E-state index contributed by atoms with van der Waals surface area (Å²) in [6.45, 7) is 4.76. The number of nitrogens with two attached hydrogens (primary N) is 1. The highest BCUT2D eigenvalue weighted by Gasteiger charge is 2.27. The van der Waals surface area contributed by atoms with Crippen LogP contribution >= 0.6 is 0 Å². The van der Waals surface area contributed by atoms with Gasteiger partial charge in [-0.15, -0.1) is 0 Å². The average Bonchev–Trinajstić information content (AvgIpc) is 2.48. The van der Waals surface area contributed by atoms with E-state index in [1.54, 1.807) is 0 Å². The summed E-state index contributed by atoms with van der Waals surface area (Å²) >= 11 is 0. The van der Waals surface area contributed by atoms with Crippen molar-refractivity contribution < 1.29 is 4.74 Å². The first kappa shape index (κ1) is 13.6. The van der Waals surface area contributed by atoms with Gasteiger partial charge in [0.25, 0.3) is 0 Å². The van der Waals surface area contributed by atoms with Crippen molar-refractivity contribution in [2.45, 2.75) is 25.8 Å². The Balaban J connectivity index is 2.44. The van der Waals surface area contributed by atoms with Crippen LogP contribution in [0.25, 0.3) is 0 Å². The zero-order valence-electron chi connectivity index (χ0n) is 11.6. The van der Waals surface area contributed by atoms with E-state index < -0.39 is 5.54 Å². The highest BCUT2D eigenvalue weighted by atomic mass is 16.5. The normalized spacial score (nSPS) is 13.8. The van der Waals surface area contributed by atoms with Crippen LogP contribution in [-0.4, -0.2) is 6.61 Å². The Morgan fingerprint density at radius 3 is 2.26 bits per heavy atom. The van der Waals surface area contributed by atoms with Crippen LogP contribution in [0.1, 0.15) is 31.4 Å². The van der Waals surface area contributed by atoms with Crippen LogP contribution in [0, 0.1) is 0 Å². The fourth-order valence-corrected chi connectivity index (χ4v) is 2.34. The first-order valence-corrected chi connectivity index (χ1v) is 6.78. The van der Waals surface area contributed by atoms with Gasteiger partial charge in [0.05, 0.1) is 12.1 Å². The summed E-state index contributed by atoms with van der Waals surface area (Å²) in [5, 5.41) is 0. The largest absolute Gasteiger partial charge is 0.494 e. The molecular formula is C17H21NO. The minimum Gasteiger partial charge on any atom is -0.494 e. The molecular weight excluding hydrogens is 234 g/mol. The van der Waals surface area contributed by atoms with Crippen molar-refractivity contribution in [2.24, 2.45) is 5.73 Å². The van der Waals surface area contributed by atoms with Gasteiger partial charge in [-0.1, -0.05) is 49.4 Å². The van der Waals surface area contributed by atoms with Crippen molar-refractivity contribution in [3.63, 3.8) is 0 Å². The molecule has 0 fully saturated rings. The summed E-state index contributed by atoms with van der Waals surface area (Å²) in [5.74, 6) is 0.874. The maximum Gasteiger partial charge on any atom is 0.119 e. The molecule has 0 saturated heterocycles. The SMILES string of the molecule is CCOc1cccc(C(N)(CC)c2ccccc2)c1. The standard InChI is InChI=1S/C17H21NO/c1-3-17(18,14-9-6-5-7-10-14)15-11-8-12-16(13-15)19-4-2/h5-13H,3-4,18H2,1-2H3. The number of benzene rings is 2. The van der Waals surface area contributed by atoms with Crippen LogP contribution in [0.3, 0.4) is 0 Å². The number of hydrogen-bond donors (Lipinski definition) is 1. The Kier molecular flexibility index (Phi) is 4.23. The van der Waals surface area contributed by atoms with Crippen molar-refractivity contribution in [3.05, 3.63) is 65.7 Å². The molecule has 2 aromatic rings. The van der Waals surface area contributed by atoms with Crippen LogP contribution in [0.5, 0.6) is 5.75 Å². The van der Waals surface area contributed by atoms with E-state index in [1.807, 2.05) is 43.3 Å². The summed E-state index contributed by atoms with van der Waals surface area (Å²) in [4.78, 5) is 0. The lowest BCUT2D eigenvalue weighted by molar-refractivity contribution is 0.339. The molecule has 2 N–H and O–H groups in total. The summed E-state index contributed by atoms with van der Waals surface area (Å²) in [5.41, 5.74) is 8.41. The summed E-state index contributed by atoms with van der Waals surface area (Å²) in [6, 6.07) is 18.3. The highest BCUT2D eigenvalue weighted by molar-refractivity contribution is 5.41. The van der Waals surface area contributed by atoms with Crippen molar-refractivity contribution >= 4 is 0 Å². The molecule has 0 saturated carbocycles. The maximum absolute atomic E-state index is 6.65. The van der Waals surface area contributed by atoms with Crippen molar-refractivity contribution in [2.75, 3.05) is 6.61 Å². The van der Waals surface area contributed by atoms with Crippen LogP contribution in [0.2, 0.25) is 0 Å². The van der Waals surface area contributed by atoms with Crippen LogP contribution in [0.4, 0.5) is 0 Å². The Bertz CT molecular complexity index is 524. The minimum absolute atomic E-state index is 0.464. The first-order chi connectivity index (χ1) is 9.20. The number of hydrogen-bond acceptors (Lipinski definition) is 2. The predicted molar refractivity (Wildman–Crippen MR) is 79.3 cm³/mol.